The Morgan fingerprint density at radius 2 is 2.38 bits per heavy atom. The van der Waals surface area contributed by atoms with Crippen LogP contribution in [-0.4, -0.2) is 17.9 Å². The number of ketones is 1. The standard InChI is InChI=1S/C12H11NO2S/c1-15-11-5-10(6-13-7-11)12(14)4-9-2-3-16-8-9/h2-3,5-8H,4H2,1H3. The van der Waals surface area contributed by atoms with Crippen molar-refractivity contribution in [2.45, 2.75) is 6.42 Å². The largest absolute Gasteiger partial charge is 0.495 e. The van der Waals surface area contributed by atoms with Crippen molar-refractivity contribution < 1.29 is 9.53 Å². The molecule has 2 aromatic rings. The molecule has 0 fully saturated rings. The molecule has 0 bridgehead atoms. The molecule has 16 heavy (non-hydrogen) atoms. The van der Waals surface area contributed by atoms with E-state index in [1.807, 2.05) is 16.8 Å². The average Bonchev–Trinajstić information content (AvgIpc) is 2.82. The lowest BCUT2D eigenvalue weighted by atomic mass is 10.1. The zero-order chi connectivity index (χ0) is 11.4. The molecule has 0 atom stereocenters. The average molecular weight is 233 g/mol. The molecule has 0 aliphatic heterocycles. The van der Waals surface area contributed by atoms with E-state index in [4.69, 9.17) is 4.74 Å². The normalized spacial score (nSPS) is 10.1. The summed E-state index contributed by atoms with van der Waals surface area (Å²) in [5.74, 6) is 0.668. The first-order valence-electron chi connectivity index (χ1n) is 4.83. The van der Waals surface area contributed by atoms with E-state index in [1.54, 1.807) is 36.9 Å². The summed E-state index contributed by atoms with van der Waals surface area (Å²) in [6.07, 6.45) is 3.57. The van der Waals surface area contributed by atoms with Gasteiger partial charge >= 0.3 is 0 Å². The minimum Gasteiger partial charge on any atom is -0.495 e. The van der Waals surface area contributed by atoms with Crippen LogP contribution in [0.25, 0.3) is 0 Å². The van der Waals surface area contributed by atoms with Crippen molar-refractivity contribution in [2.75, 3.05) is 7.11 Å². The van der Waals surface area contributed by atoms with E-state index < -0.39 is 0 Å². The van der Waals surface area contributed by atoms with Crippen LogP contribution in [0.4, 0.5) is 0 Å². The molecule has 0 spiro atoms. The van der Waals surface area contributed by atoms with E-state index >= 15 is 0 Å². The molecule has 0 aliphatic rings. The van der Waals surface area contributed by atoms with Crippen LogP contribution in [0.5, 0.6) is 5.75 Å². The predicted molar refractivity (Wildman–Crippen MR) is 63.1 cm³/mol. The second-order valence-electron chi connectivity index (χ2n) is 3.34. The second-order valence-corrected chi connectivity index (χ2v) is 4.13. The molecule has 0 N–H and O–H groups in total. The summed E-state index contributed by atoms with van der Waals surface area (Å²) < 4.78 is 5.03. The smallest absolute Gasteiger partial charge is 0.168 e. The number of pyridine rings is 1. The fourth-order valence-corrected chi connectivity index (χ4v) is 2.03. The Hall–Kier alpha value is -1.68. The van der Waals surface area contributed by atoms with Gasteiger partial charge in [-0.15, -0.1) is 0 Å². The quantitative estimate of drug-likeness (QED) is 0.762. The Morgan fingerprint density at radius 3 is 3.06 bits per heavy atom. The van der Waals surface area contributed by atoms with Crippen molar-refractivity contribution in [3.05, 3.63) is 46.4 Å². The lowest BCUT2D eigenvalue weighted by molar-refractivity contribution is 0.0992. The lowest BCUT2D eigenvalue weighted by Gasteiger charge is -2.02. The maximum absolute atomic E-state index is 11.9. The highest BCUT2D eigenvalue weighted by Gasteiger charge is 2.08. The topological polar surface area (TPSA) is 39.2 Å². The van der Waals surface area contributed by atoms with Crippen LogP contribution in [0.15, 0.2) is 35.3 Å². The second kappa shape index (κ2) is 4.90. The fourth-order valence-electron chi connectivity index (χ4n) is 1.36. The highest BCUT2D eigenvalue weighted by Crippen LogP contribution is 2.14. The van der Waals surface area contributed by atoms with Crippen LogP contribution in [0.1, 0.15) is 15.9 Å². The van der Waals surface area contributed by atoms with Crippen molar-refractivity contribution >= 4 is 17.1 Å². The number of rotatable bonds is 4. The molecule has 2 heterocycles. The van der Waals surface area contributed by atoms with Crippen LogP contribution in [0.3, 0.4) is 0 Å². The Labute approximate surface area is 97.7 Å². The number of nitrogens with zero attached hydrogens (tertiary/aromatic N) is 1. The number of hydrogen-bond acceptors (Lipinski definition) is 4. The molecule has 2 rings (SSSR count). The third kappa shape index (κ3) is 2.46. The summed E-state index contributed by atoms with van der Waals surface area (Å²) in [6.45, 7) is 0. The van der Waals surface area contributed by atoms with Gasteiger partial charge in [0.1, 0.15) is 5.75 Å². The Balaban J connectivity index is 2.14. The van der Waals surface area contributed by atoms with Gasteiger partial charge in [-0.05, 0) is 28.5 Å². The number of aromatic nitrogens is 1. The molecular weight excluding hydrogens is 222 g/mol. The first-order valence-corrected chi connectivity index (χ1v) is 5.77. The van der Waals surface area contributed by atoms with Crippen molar-refractivity contribution in [2.24, 2.45) is 0 Å². The number of thiophene rings is 1. The van der Waals surface area contributed by atoms with Gasteiger partial charge in [-0.2, -0.15) is 11.3 Å². The van der Waals surface area contributed by atoms with Crippen molar-refractivity contribution in [1.82, 2.24) is 4.98 Å². The molecule has 0 amide bonds. The van der Waals surface area contributed by atoms with Crippen LogP contribution >= 0.6 is 11.3 Å². The number of carbonyl (C=O) groups excluding carboxylic acids is 1. The van der Waals surface area contributed by atoms with Crippen molar-refractivity contribution in [3.63, 3.8) is 0 Å². The summed E-state index contributed by atoms with van der Waals surface area (Å²) in [5.41, 5.74) is 1.63. The molecule has 3 nitrogen and oxygen atoms in total. The van der Waals surface area contributed by atoms with E-state index in [0.717, 1.165) is 5.56 Å². The highest BCUT2D eigenvalue weighted by molar-refractivity contribution is 7.08. The number of hydrogen-bond donors (Lipinski definition) is 0. The van der Waals surface area contributed by atoms with E-state index in [-0.39, 0.29) is 5.78 Å². The molecule has 0 radical (unpaired) electrons. The van der Waals surface area contributed by atoms with Gasteiger partial charge in [0.15, 0.2) is 5.78 Å². The summed E-state index contributed by atoms with van der Waals surface area (Å²) in [5, 5.41) is 3.94. The minimum atomic E-state index is 0.0600. The van der Waals surface area contributed by atoms with Gasteiger partial charge in [-0.1, -0.05) is 0 Å². The molecule has 0 saturated heterocycles. The summed E-state index contributed by atoms with van der Waals surface area (Å²) >= 11 is 1.59. The third-order valence-electron chi connectivity index (χ3n) is 2.22. The molecule has 0 unspecified atom stereocenters. The van der Waals surface area contributed by atoms with Gasteiger partial charge in [-0.25, -0.2) is 0 Å². The van der Waals surface area contributed by atoms with Crippen molar-refractivity contribution in [3.8, 4) is 5.75 Å². The number of methoxy groups -OCH3 is 1. The monoisotopic (exact) mass is 233 g/mol. The first-order chi connectivity index (χ1) is 7.79. The van der Waals surface area contributed by atoms with Crippen LogP contribution in [0, 0.1) is 0 Å². The van der Waals surface area contributed by atoms with Gasteiger partial charge in [0, 0.05) is 18.2 Å². The molecular formula is C12H11NO2S. The van der Waals surface area contributed by atoms with Crippen molar-refractivity contribution in [1.29, 1.82) is 0 Å². The van der Waals surface area contributed by atoms with Gasteiger partial charge in [0.05, 0.1) is 13.3 Å². The molecule has 4 heteroatoms. The van der Waals surface area contributed by atoms with Gasteiger partial charge in [-0.3, -0.25) is 9.78 Å². The van der Waals surface area contributed by atoms with E-state index in [1.165, 1.54) is 0 Å². The molecule has 0 aliphatic carbocycles. The van der Waals surface area contributed by atoms with Gasteiger partial charge in [0.25, 0.3) is 0 Å². The maximum Gasteiger partial charge on any atom is 0.168 e. The Kier molecular flexibility index (Phi) is 3.31. The van der Waals surface area contributed by atoms with Crippen LogP contribution in [0.2, 0.25) is 0 Å². The van der Waals surface area contributed by atoms with E-state index in [2.05, 4.69) is 4.98 Å². The Bertz CT molecular complexity index is 480. The summed E-state index contributed by atoms with van der Waals surface area (Å²) in [7, 11) is 1.56. The molecule has 2 aromatic heterocycles. The van der Waals surface area contributed by atoms with Crippen LogP contribution < -0.4 is 4.74 Å². The zero-order valence-corrected chi connectivity index (χ0v) is 9.66. The zero-order valence-electron chi connectivity index (χ0n) is 8.84. The highest BCUT2D eigenvalue weighted by atomic mass is 32.1. The van der Waals surface area contributed by atoms with Gasteiger partial charge < -0.3 is 4.74 Å². The van der Waals surface area contributed by atoms with E-state index in [0.29, 0.717) is 17.7 Å². The fraction of sp³-hybridized carbons (Fsp3) is 0.167. The number of carbonyl (C=O) groups is 1. The SMILES string of the molecule is COc1cncc(C(=O)Cc2ccsc2)c1. The minimum absolute atomic E-state index is 0.0600. The first kappa shape index (κ1) is 10.8. The summed E-state index contributed by atoms with van der Waals surface area (Å²) in [4.78, 5) is 15.9. The number of ether oxygens (including phenoxy) is 1. The third-order valence-corrected chi connectivity index (χ3v) is 2.95. The molecule has 0 saturated carbocycles. The summed E-state index contributed by atoms with van der Waals surface area (Å²) in [6, 6.07) is 3.66. The maximum atomic E-state index is 11.9. The van der Waals surface area contributed by atoms with Crippen LogP contribution in [-0.2, 0) is 6.42 Å². The predicted octanol–water partition coefficient (Wildman–Crippen LogP) is 2.58. The lowest BCUT2D eigenvalue weighted by Crippen LogP contribution is -2.03. The molecule has 82 valence electrons. The Morgan fingerprint density at radius 1 is 1.50 bits per heavy atom. The number of Topliss-reactive ketones (excluding diaryl/α,β-unsaturated/α-hetero) is 1. The van der Waals surface area contributed by atoms with Gasteiger partial charge in [0.2, 0.25) is 0 Å². The van der Waals surface area contributed by atoms with E-state index in [9.17, 15) is 4.79 Å². The molecule has 0 aromatic carbocycles.